The van der Waals surface area contributed by atoms with E-state index in [1.807, 2.05) is 18.2 Å². The molecule has 0 fully saturated rings. The van der Waals surface area contributed by atoms with E-state index in [9.17, 15) is 10.2 Å². The van der Waals surface area contributed by atoms with Crippen molar-refractivity contribution in [1.29, 1.82) is 0 Å². The molecule has 0 aliphatic rings. The second-order valence-corrected chi connectivity index (χ2v) is 12.5. The third kappa shape index (κ3) is 5.36. The second kappa shape index (κ2) is 9.19. The molecule has 3 aromatic carbocycles. The summed E-state index contributed by atoms with van der Waals surface area (Å²) >= 11 is 0. The molecule has 0 heterocycles. The number of aliphatic imine (C=N–C) groups is 1. The Morgan fingerprint density at radius 3 is 1.97 bits per heavy atom. The van der Waals surface area contributed by atoms with Crippen molar-refractivity contribution >= 4 is 16.5 Å². The number of phenolic OH excluding ortho intramolecular Hbond substituents is 1. The van der Waals surface area contributed by atoms with Gasteiger partial charge in [0.15, 0.2) is 0 Å². The van der Waals surface area contributed by atoms with Crippen molar-refractivity contribution in [1.82, 2.24) is 0 Å². The van der Waals surface area contributed by atoms with Gasteiger partial charge in [0.2, 0.25) is 0 Å². The first-order valence-corrected chi connectivity index (χ1v) is 12.2. The van der Waals surface area contributed by atoms with Crippen LogP contribution in [0.1, 0.15) is 84.6 Å². The molecule has 34 heavy (non-hydrogen) atoms. The van der Waals surface area contributed by atoms with Crippen LogP contribution < -0.4 is 0 Å². The summed E-state index contributed by atoms with van der Waals surface area (Å²) in [4.78, 5) is 5.17. The minimum atomic E-state index is -0.322. The monoisotopic (exact) mass is 459 g/mol. The predicted molar refractivity (Wildman–Crippen MR) is 145 cm³/mol. The fraction of sp³-hybridized carbons (Fsp3) is 0.452. The summed E-state index contributed by atoms with van der Waals surface area (Å²) in [5.41, 5.74) is 3.86. The Kier molecular flexibility index (Phi) is 7.01. The Morgan fingerprint density at radius 1 is 0.794 bits per heavy atom. The summed E-state index contributed by atoms with van der Waals surface area (Å²) in [6.45, 7) is 19.1. The van der Waals surface area contributed by atoms with Crippen LogP contribution in [0.3, 0.4) is 0 Å². The molecule has 3 nitrogen and oxygen atoms in total. The average molecular weight is 460 g/mol. The number of aliphatic hydroxyl groups is 1. The van der Waals surface area contributed by atoms with Gasteiger partial charge in [-0.3, -0.25) is 4.99 Å². The van der Waals surface area contributed by atoms with Crippen LogP contribution in [0.25, 0.3) is 10.8 Å². The van der Waals surface area contributed by atoms with E-state index in [0.29, 0.717) is 0 Å². The van der Waals surface area contributed by atoms with Crippen molar-refractivity contribution < 1.29 is 10.2 Å². The Balaban J connectivity index is 2.47. The number of aromatic hydroxyl groups is 1. The summed E-state index contributed by atoms with van der Waals surface area (Å²) in [6.07, 6.45) is 0. The van der Waals surface area contributed by atoms with Crippen molar-refractivity contribution in [3.63, 3.8) is 0 Å². The Bertz CT molecular complexity index is 1200. The van der Waals surface area contributed by atoms with Gasteiger partial charge in [0.25, 0.3) is 0 Å². The number of aliphatic hydroxyl groups excluding tert-OH is 1. The lowest BCUT2D eigenvalue weighted by atomic mass is 9.77. The van der Waals surface area contributed by atoms with Crippen molar-refractivity contribution in [2.45, 2.75) is 79.2 Å². The summed E-state index contributed by atoms with van der Waals surface area (Å²) in [7, 11) is 0. The molecule has 0 spiro atoms. The number of hydrogen-bond donors (Lipinski definition) is 2. The average Bonchev–Trinajstić information content (AvgIpc) is 2.72. The Morgan fingerprint density at radius 2 is 1.41 bits per heavy atom. The van der Waals surface area contributed by atoms with Crippen LogP contribution in [0.4, 0.5) is 0 Å². The highest BCUT2D eigenvalue weighted by atomic mass is 16.3. The van der Waals surface area contributed by atoms with Gasteiger partial charge in [-0.2, -0.15) is 0 Å². The SMILES string of the molecule is CC(C)(C)c1cc(C(=N[C@H](CO)C(C)(C)C)c2cccc3ccccc23)c(O)c(C(C)(C)C)c1. The van der Waals surface area contributed by atoms with E-state index in [1.165, 1.54) is 0 Å². The second-order valence-electron chi connectivity index (χ2n) is 12.5. The van der Waals surface area contributed by atoms with Crippen LogP contribution >= 0.6 is 0 Å². The Labute approximate surface area is 205 Å². The van der Waals surface area contributed by atoms with Crippen LogP contribution in [-0.4, -0.2) is 28.6 Å². The maximum Gasteiger partial charge on any atom is 0.128 e. The highest BCUT2D eigenvalue weighted by molar-refractivity contribution is 6.20. The van der Waals surface area contributed by atoms with E-state index >= 15 is 0 Å². The molecule has 0 aromatic heterocycles. The van der Waals surface area contributed by atoms with Crippen LogP contribution in [-0.2, 0) is 10.8 Å². The van der Waals surface area contributed by atoms with E-state index in [-0.39, 0.29) is 34.6 Å². The lowest BCUT2D eigenvalue weighted by Gasteiger charge is -2.30. The molecule has 0 bridgehead atoms. The predicted octanol–water partition coefficient (Wildman–Crippen LogP) is 7.38. The first-order valence-electron chi connectivity index (χ1n) is 12.2. The molecule has 3 heteroatoms. The number of nitrogens with zero attached hydrogens (tertiary/aromatic N) is 1. The van der Waals surface area contributed by atoms with E-state index in [4.69, 9.17) is 4.99 Å². The highest BCUT2D eigenvalue weighted by Crippen LogP contribution is 2.40. The topological polar surface area (TPSA) is 52.8 Å². The number of rotatable bonds is 4. The molecule has 1 atom stereocenters. The third-order valence-electron chi connectivity index (χ3n) is 6.54. The molecule has 0 saturated heterocycles. The lowest BCUT2D eigenvalue weighted by molar-refractivity contribution is 0.190. The quantitative estimate of drug-likeness (QED) is 0.400. The van der Waals surface area contributed by atoms with E-state index in [0.717, 1.165) is 38.7 Å². The standard InChI is InChI=1S/C31H41NO2/c1-29(2,3)21-17-24(28(34)25(18-21)30(4,5)6)27(32-26(19-33)31(7,8)9)23-16-12-14-20-13-10-11-15-22(20)23/h10-18,26,33-34H,19H2,1-9H3/t26-/m1/s1. The number of fused-ring (bicyclic) bond motifs is 1. The third-order valence-corrected chi connectivity index (χ3v) is 6.54. The highest BCUT2D eigenvalue weighted by Gasteiger charge is 2.29. The number of phenols is 1. The van der Waals surface area contributed by atoms with Gasteiger partial charge in [0.05, 0.1) is 18.4 Å². The van der Waals surface area contributed by atoms with Gasteiger partial charge in [-0.1, -0.05) is 111 Å². The summed E-state index contributed by atoms with van der Waals surface area (Å²) in [5.74, 6) is 0.262. The Hall–Kier alpha value is -2.65. The van der Waals surface area contributed by atoms with Gasteiger partial charge >= 0.3 is 0 Å². The van der Waals surface area contributed by atoms with E-state index in [1.54, 1.807) is 0 Å². The zero-order valence-electron chi connectivity index (χ0n) is 22.3. The van der Waals surface area contributed by atoms with E-state index in [2.05, 4.69) is 98.7 Å². The van der Waals surface area contributed by atoms with Crippen LogP contribution in [0.2, 0.25) is 0 Å². The van der Waals surface area contributed by atoms with Gasteiger partial charge in [-0.05, 0) is 38.6 Å². The fourth-order valence-corrected chi connectivity index (χ4v) is 4.20. The van der Waals surface area contributed by atoms with Crippen molar-refractivity contribution in [3.8, 4) is 5.75 Å². The zero-order valence-corrected chi connectivity index (χ0v) is 22.3. The largest absolute Gasteiger partial charge is 0.507 e. The maximum absolute atomic E-state index is 11.7. The molecule has 3 rings (SSSR count). The summed E-state index contributed by atoms with van der Waals surface area (Å²) in [6, 6.07) is 18.3. The van der Waals surface area contributed by atoms with Crippen molar-refractivity contribution in [2.75, 3.05) is 6.61 Å². The zero-order chi connectivity index (χ0) is 25.5. The number of hydrogen-bond acceptors (Lipinski definition) is 3. The summed E-state index contributed by atoms with van der Waals surface area (Å²) < 4.78 is 0. The molecular formula is C31H41NO2. The fourth-order valence-electron chi connectivity index (χ4n) is 4.20. The normalized spacial score (nSPS) is 14.5. The first-order chi connectivity index (χ1) is 15.6. The molecule has 0 amide bonds. The molecule has 0 aliphatic heterocycles. The van der Waals surface area contributed by atoms with Gasteiger partial charge in [-0.15, -0.1) is 0 Å². The smallest absolute Gasteiger partial charge is 0.128 e. The lowest BCUT2D eigenvalue weighted by Crippen LogP contribution is -2.30. The first kappa shape index (κ1) is 26.0. The van der Waals surface area contributed by atoms with Gasteiger partial charge in [0, 0.05) is 16.7 Å². The minimum Gasteiger partial charge on any atom is -0.507 e. The van der Waals surface area contributed by atoms with Gasteiger partial charge in [-0.25, -0.2) is 0 Å². The number of benzene rings is 3. The molecule has 182 valence electrons. The maximum atomic E-state index is 11.7. The molecular weight excluding hydrogens is 418 g/mol. The van der Waals surface area contributed by atoms with Crippen molar-refractivity contribution in [3.05, 3.63) is 76.9 Å². The molecule has 0 unspecified atom stereocenters. The molecule has 2 N–H and O–H groups in total. The van der Waals surface area contributed by atoms with Crippen LogP contribution in [0.5, 0.6) is 5.75 Å². The molecule has 0 saturated carbocycles. The van der Waals surface area contributed by atoms with Gasteiger partial charge in [0.1, 0.15) is 5.75 Å². The van der Waals surface area contributed by atoms with E-state index < -0.39 is 0 Å². The molecule has 0 aliphatic carbocycles. The summed E-state index contributed by atoms with van der Waals surface area (Å²) in [5, 5.41) is 24.1. The molecule has 0 radical (unpaired) electrons. The van der Waals surface area contributed by atoms with Crippen LogP contribution in [0.15, 0.2) is 59.6 Å². The van der Waals surface area contributed by atoms with Crippen molar-refractivity contribution in [2.24, 2.45) is 10.4 Å². The van der Waals surface area contributed by atoms with Gasteiger partial charge < -0.3 is 10.2 Å². The minimum absolute atomic E-state index is 0.0659. The van der Waals surface area contributed by atoms with Crippen LogP contribution in [0, 0.1) is 5.41 Å². The molecule has 3 aromatic rings.